The van der Waals surface area contributed by atoms with Crippen LogP contribution in [-0.4, -0.2) is 42.3 Å². The zero-order valence-electron chi connectivity index (χ0n) is 16.8. The molecule has 1 aromatic heterocycles. The molecule has 0 spiro atoms. The average molecular weight is 401 g/mol. The van der Waals surface area contributed by atoms with Crippen molar-refractivity contribution in [3.63, 3.8) is 0 Å². The number of benzene rings is 2. The van der Waals surface area contributed by atoms with Gasteiger partial charge in [0.25, 0.3) is 5.91 Å². The van der Waals surface area contributed by atoms with E-state index in [4.69, 9.17) is 10.00 Å². The van der Waals surface area contributed by atoms with Crippen LogP contribution in [0.3, 0.4) is 0 Å². The fourth-order valence-electron chi connectivity index (χ4n) is 3.53. The minimum atomic E-state index is -0.145. The fraction of sp³-hybridized carbons (Fsp3) is 0.261. The Morgan fingerprint density at radius 2 is 2.00 bits per heavy atom. The van der Waals surface area contributed by atoms with Crippen LogP contribution in [0.1, 0.15) is 34.6 Å². The maximum Gasteiger partial charge on any atom is 0.276 e. The van der Waals surface area contributed by atoms with Gasteiger partial charge in [0.15, 0.2) is 0 Å². The van der Waals surface area contributed by atoms with Crippen LogP contribution >= 0.6 is 0 Å². The molecule has 1 aliphatic heterocycles. The van der Waals surface area contributed by atoms with Crippen LogP contribution < -0.4 is 10.2 Å². The minimum absolute atomic E-state index is 0.0427. The number of hydrogen-bond donors (Lipinski definition) is 2. The zero-order valence-corrected chi connectivity index (χ0v) is 16.8. The molecule has 1 saturated heterocycles. The van der Waals surface area contributed by atoms with Gasteiger partial charge in [-0.25, -0.2) is 0 Å². The van der Waals surface area contributed by atoms with Crippen LogP contribution in [0.25, 0.3) is 11.3 Å². The lowest BCUT2D eigenvalue weighted by Crippen LogP contribution is -2.33. The summed E-state index contributed by atoms with van der Waals surface area (Å²) in [6.45, 7) is 4.85. The summed E-state index contributed by atoms with van der Waals surface area (Å²) in [5.74, 6) is -0.145. The molecule has 7 nitrogen and oxygen atoms in total. The highest BCUT2D eigenvalue weighted by Gasteiger charge is 2.20. The first-order valence-electron chi connectivity index (χ1n) is 9.99. The predicted molar refractivity (Wildman–Crippen MR) is 114 cm³/mol. The van der Waals surface area contributed by atoms with Gasteiger partial charge < -0.3 is 15.0 Å². The first kappa shape index (κ1) is 19.8. The Morgan fingerprint density at radius 1 is 1.23 bits per heavy atom. The number of hydrogen-bond acceptors (Lipinski definition) is 5. The number of ether oxygens (including phenoxy) is 1. The summed E-state index contributed by atoms with van der Waals surface area (Å²) in [6, 6.07) is 18.9. The largest absolute Gasteiger partial charge is 0.371 e. The van der Waals surface area contributed by atoms with E-state index in [0.29, 0.717) is 30.1 Å². The Kier molecular flexibility index (Phi) is 5.89. The van der Waals surface area contributed by atoms with E-state index < -0.39 is 0 Å². The molecule has 0 radical (unpaired) electrons. The molecule has 2 N–H and O–H groups in total. The molecular formula is C23H23N5O2. The zero-order chi connectivity index (χ0) is 20.9. The number of rotatable bonds is 5. The normalized spacial score (nSPS) is 16.1. The van der Waals surface area contributed by atoms with Gasteiger partial charge in [0.1, 0.15) is 5.69 Å². The fourth-order valence-corrected chi connectivity index (χ4v) is 3.53. The molecule has 2 heterocycles. The second-order valence-corrected chi connectivity index (χ2v) is 7.06. The van der Waals surface area contributed by atoms with Gasteiger partial charge in [0, 0.05) is 30.9 Å². The highest BCUT2D eigenvalue weighted by Crippen LogP contribution is 2.24. The maximum atomic E-state index is 13.1. The molecule has 30 heavy (non-hydrogen) atoms. The molecule has 0 unspecified atom stereocenters. The molecule has 1 amide bonds. The molecule has 1 aliphatic rings. The Balaban J connectivity index is 1.51. The van der Waals surface area contributed by atoms with E-state index in [1.807, 2.05) is 43.3 Å². The summed E-state index contributed by atoms with van der Waals surface area (Å²) in [7, 11) is 0. The number of H-pyrrole nitrogens is 1. The maximum absolute atomic E-state index is 13.1. The van der Waals surface area contributed by atoms with E-state index in [1.165, 1.54) is 0 Å². The average Bonchev–Trinajstić information content (AvgIpc) is 3.31. The highest BCUT2D eigenvalue weighted by molar-refractivity contribution is 6.05. The number of nitriles is 1. The first-order valence-corrected chi connectivity index (χ1v) is 9.99. The van der Waals surface area contributed by atoms with E-state index in [2.05, 4.69) is 21.6 Å². The number of aromatic nitrogens is 2. The molecule has 3 aromatic rings. The van der Waals surface area contributed by atoms with Gasteiger partial charge in [0.2, 0.25) is 0 Å². The molecule has 2 aromatic carbocycles. The standard InChI is InChI=1S/C23H23N5O2/c1-2-28(19-9-7-18(8-10-19)22-15-25-11-12-30-22)23(29)21-13-20(26-27-21)17-5-3-16(14-24)4-6-17/h3-10,13,22,25H,2,11-12,15H2,1H3,(H,26,27)/t22-/m1/s1. The van der Waals surface area contributed by atoms with Crippen LogP contribution in [0.4, 0.5) is 5.69 Å². The van der Waals surface area contributed by atoms with Crippen molar-refractivity contribution in [1.82, 2.24) is 15.5 Å². The molecule has 152 valence electrons. The lowest BCUT2D eigenvalue weighted by atomic mass is 10.1. The van der Waals surface area contributed by atoms with Crippen molar-refractivity contribution in [2.24, 2.45) is 0 Å². The second-order valence-electron chi connectivity index (χ2n) is 7.06. The molecule has 0 bridgehead atoms. The highest BCUT2D eigenvalue weighted by atomic mass is 16.5. The summed E-state index contributed by atoms with van der Waals surface area (Å²) in [5.41, 5.74) is 4.43. The number of nitrogens with one attached hydrogen (secondary N) is 2. The van der Waals surface area contributed by atoms with Crippen LogP contribution in [0, 0.1) is 11.3 Å². The van der Waals surface area contributed by atoms with Crippen LogP contribution in [0.2, 0.25) is 0 Å². The summed E-state index contributed by atoms with van der Waals surface area (Å²) < 4.78 is 5.79. The lowest BCUT2D eigenvalue weighted by Gasteiger charge is -2.25. The smallest absolute Gasteiger partial charge is 0.276 e. The quantitative estimate of drug-likeness (QED) is 0.684. The number of carbonyl (C=O) groups is 1. The third-order valence-corrected chi connectivity index (χ3v) is 5.18. The van der Waals surface area contributed by atoms with Gasteiger partial charge in [-0.1, -0.05) is 24.3 Å². The van der Waals surface area contributed by atoms with Crippen molar-refractivity contribution >= 4 is 11.6 Å². The third-order valence-electron chi connectivity index (χ3n) is 5.18. The van der Waals surface area contributed by atoms with Gasteiger partial charge in [-0.3, -0.25) is 9.89 Å². The SMILES string of the molecule is CCN(C(=O)c1cc(-c2ccc(C#N)cc2)n[nH]1)c1ccc([C@H]2CNCCO2)cc1. The van der Waals surface area contributed by atoms with Gasteiger partial charge in [-0.05, 0) is 42.8 Å². The predicted octanol–water partition coefficient (Wildman–Crippen LogP) is 3.28. The van der Waals surface area contributed by atoms with E-state index in [9.17, 15) is 4.79 Å². The lowest BCUT2D eigenvalue weighted by molar-refractivity contribution is 0.0277. The number of morpholine rings is 1. The van der Waals surface area contributed by atoms with Crippen molar-refractivity contribution in [2.45, 2.75) is 13.0 Å². The summed E-state index contributed by atoms with van der Waals surface area (Å²) in [6.07, 6.45) is 0.0427. The van der Waals surface area contributed by atoms with Gasteiger partial charge in [0.05, 0.1) is 30.0 Å². The molecule has 1 atom stereocenters. The molecule has 0 aliphatic carbocycles. The van der Waals surface area contributed by atoms with Crippen molar-refractivity contribution in [1.29, 1.82) is 5.26 Å². The molecule has 7 heteroatoms. The van der Waals surface area contributed by atoms with Crippen LogP contribution in [0.15, 0.2) is 54.6 Å². The van der Waals surface area contributed by atoms with E-state index in [1.54, 1.807) is 23.1 Å². The Hall–Kier alpha value is -3.47. The summed E-state index contributed by atoms with van der Waals surface area (Å²) in [4.78, 5) is 14.8. The molecule has 1 fully saturated rings. The van der Waals surface area contributed by atoms with Crippen molar-refractivity contribution in [2.75, 3.05) is 31.1 Å². The minimum Gasteiger partial charge on any atom is -0.371 e. The van der Waals surface area contributed by atoms with Crippen LogP contribution in [-0.2, 0) is 4.74 Å². The van der Waals surface area contributed by atoms with E-state index >= 15 is 0 Å². The number of anilines is 1. The number of aromatic amines is 1. The second kappa shape index (κ2) is 8.91. The first-order chi connectivity index (χ1) is 14.7. The number of nitrogens with zero attached hydrogens (tertiary/aromatic N) is 3. The van der Waals surface area contributed by atoms with Crippen molar-refractivity contribution < 1.29 is 9.53 Å². The number of amides is 1. The third kappa shape index (κ3) is 4.10. The summed E-state index contributed by atoms with van der Waals surface area (Å²) >= 11 is 0. The van der Waals surface area contributed by atoms with Gasteiger partial charge >= 0.3 is 0 Å². The Labute approximate surface area is 175 Å². The topological polar surface area (TPSA) is 94.0 Å². The van der Waals surface area contributed by atoms with Gasteiger partial charge in [-0.15, -0.1) is 0 Å². The Morgan fingerprint density at radius 3 is 2.63 bits per heavy atom. The molecule has 0 saturated carbocycles. The van der Waals surface area contributed by atoms with Crippen molar-refractivity contribution in [3.8, 4) is 17.3 Å². The van der Waals surface area contributed by atoms with Crippen molar-refractivity contribution in [3.05, 3.63) is 71.4 Å². The van der Waals surface area contributed by atoms with Crippen LogP contribution in [0.5, 0.6) is 0 Å². The molecule has 4 rings (SSSR count). The Bertz CT molecular complexity index is 1040. The van der Waals surface area contributed by atoms with Gasteiger partial charge in [-0.2, -0.15) is 10.4 Å². The summed E-state index contributed by atoms with van der Waals surface area (Å²) in [5, 5.41) is 19.4. The number of carbonyl (C=O) groups excluding carboxylic acids is 1. The van der Waals surface area contributed by atoms with E-state index in [-0.39, 0.29) is 12.0 Å². The molecular weight excluding hydrogens is 378 g/mol. The monoisotopic (exact) mass is 401 g/mol. The van der Waals surface area contributed by atoms with E-state index in [0.717, 1.165) is 29.9 Å².